The molecule has 0 aliphatic carbocycles. The minimum Gasteiger partial charge on any atom is -0.478 e. The predicted molar refractivity (Wildman–Crippen MR) is 91.1 cm³/mol. The summed E-state index contributed by atoms with van der Waals surface area (Å²) in [5.74, 6) is -1.12. The van der Waals surface area contributed by atoms with Crippen molar-refractivity contribution >= 4 is 60.2 Å². The molecular weight excluding hydrogens is 473 g/mol. The second-order valence-corrected chi connectivity index (χ2v) is 7.70. The number of carboxylic acids is 1. The summed E-state index contributed by atoms with van der Waals surface area (Å²) < 4.78 is 28.2. The zero-order valence-electron chi connectivity index (χ0n) is 10.4. The lowest BCUT2D eigenvalue weighted by atomic mass is 10.2. The van der Waals surface area contributed by atoms with Gasteiger partial charge in [0.2, 0.25) is 0 Å². The highest BCUT2D eigenvalue weighted by atomic mass is 127. The van der Waals surface area contributed by atoms with Crippen molar-refractivity contribution in [3.8, 4) is 0 Å². The summed E-state index contributed by atoms with van der Waals surface area (Å²) in [6.07, 6.45) is 0. The first-order valence-electron chi connectivity index (χ1n) is 5.61. The molecule has 5 nitrogen and oxygen atoms in total. The quantitative estimate of drug-likeness (QED) is 0.654. The van der Waals surface area contributed by atoms with Crippen LogP contribution < -0.4 is 4.72 Å². The van der Waals surface area contributed by atoms with Crippen molar-refractivity contribution < 1.29 is 18.3 Å². The van der Waals surface area contributed by atoms with Gasteiger partial charge in [-0.1, -0.05) is 12.1 Å². The van der Waals surface area contributed by atoms with Crippen LogP contribution in [0.2, 0.25) is 0 Å². The fourth-order valence-electron chi connectivity index (χ4n) is 1.60. The summed E-state index contributed by atoms with van der Waals surface area (Å²) in [6.45, 7) is 0. The third kappa shape index (κ3) is 3.74. The van der Waals surface area contributed by atoms with Gasteiger partial charge in [0.25, 0.3) is 10.0 Å². The van der Waals surface area contributed by atoms with Crippen LogP contribution in [0.4, 0.5) is 5.69 Å². The highest BCUT2D eigenvalue weighted by molar-refractivity contribution is 14.1. The maximum Gasteiger partial charge on any atom is 0.335 e. The third-order valence-electron chi connectivity index (χ3n) is 2.59. The topological polar surface area (TPSA) is 83.5 Å². The maximum absolute atomic E-state index is 12.4. The number of anilines is 1. The third-order valence-corrected chi connectivity index (χ3v) is 5.87. The molecule has 0 unspecified atom stereocenters. The summed E-state index contributed by atoms with van der Waals surface area (Å²) in [5, 5.41) is 8.89. The second-order valence-electron chi connectivity index (χ2n) is 4.04. The Kier molecular flexibility index (Phi) is 4.89. The molecule has 0 saturated heterocycles. The van der Waals surface area contributed by atoms with E-state index in [-0.39, 0.29) is 14.9 Å². The van der Waals surface area contributed by atoms with E-state index in [1.165, 1.54) is 18.2 Å². The zero-order chi connectivity index (χ0) is 15.6. The summed E-state index contributed by atoms with van der Waals surface area (Å²) in [5.41, 5.74) is 0.474. The van der Waals surface area contributed by atoms with Gasteiger partial charge in [0.1, 0.15) is 4.90 Å². The van der Waals surface area contributed by atoms with E-state index in [0.29, 0.717) is 5.69 Å². The van der Waals surface area contributed by atoms with Gasteiger partial charge in [-0.3, -0.25) is 4.72 Å². The van der Waals surface area contributed by atoms with Gasteiger partial charge in [0.05, 0.1) is 11.3 Å². The molecule has 0 fully saturated rings. The highest BCUT2D eigenvalue weighted by Crippen LogP contribution is 2.27. The Morgan fingerprint density at radius 1 is 1.19 bits per heavy atom. The molecule has 0 heterocycles. The van der Waals surface area contributed by atoms with E-state index in [2.05, 4.69) is 20.7 Å². The van der Waals surface area contributed by atoms with E-state index in [0.717, 1.165) is 3.57 Å². The standard InChI is InChI=1S/C13H9BrINO4S/c14-9-7-8(13(17)18)5-6-12(9)21(19,20)16-11-4-2-1-3-10(11)15/h1-7,16H,(H,17,18). The van der Waals surface area contributed by atoms with E-state index in [4.69, 9.17) is 5.11 Å². The lowest BCUT2D eigenvalue weighted by molar-refractivity contribution is 0.0696. The minimum absolute atomic E-state index is 0.00937. The SMILES string of the molecule is O=C(O)c1ccc(S(=O)(=O)Nc2ccccc2I)c(Br)c1. The van der Waals surface area contributed by atoms with Crippen LogP contribution in [-0.4, -0.2) is 19.5 Å². The molecule has 21 heavy (non-hydrogen) atoms. The molecule has 0 aromatic heterocycles. The first kappa shape index (κ1) is 16.2. The maximum atomic E-state index is 12.4. The van der Waals surface area contributed by atoms with Gasteiger partial charge in [0.15, 0.2) is 0 Å². The Morgan fingerprint density at radius 3 is 2.43 bits per heavy atom. The van der Waals surface area contributed by atoms with Crippen molar-refractivity contribution in [3.63, 3.8) is 0 Å². The molecule has 2 rings (SSSR count). The monoisotopic (exact) mass is 481 g/mol. The summed E-state index contributed by atoms with van der Waals surface area (Å²) >= 11 is 5.12. The lowest BCUT2D eigenvalue weighted by Crippen LogP contribution is -2.14. The number of aromatic carboxylic acids is 1. The van der Waals surface area contributed by atoms with Crippen molar-refractivity contribution in [2.75, 3.05) is 4.72 Å². The fraction of sp³-hybridized carbons (Fsp3) is 0. The number of sulfonamides is 1. The Bertz CT molecular complexity index is 808. The molecular formula is C13H9BrINO4S. The first-order chi connectivity index (χ1) is 9.81. The molecule has 0 aliphatic rings. The summed E-state index contributed by atoms with van der Waals surface area (Å²) in [6, 6.07) is 10.7. The second kappa shape index (κ2) is 6.32. The van der Waals surface area contributed by atoms with Crippen LogP contribution in [-0.2, 0) is 10.0 Å². The molecule has 8 heteroatoms. The summed E-state index contributed by atoms with van der Waals surface area (Å²) in [7, 11) is -3.80. The number of rotatable bonds is 4. The number of benzene rings is 2. The largest absolute Gasteiger partial charge is 0.478 e. The van der Waals surface area contributed by atoms with Gasteiger partial charge >= 0.3 is 5.97 Å². The Morgan fingerprint density at radius 2 is 1.86 bits per heavy atom. The normalized spacial score (nSPS) is 11.1. The van der Waals surface area contributed by atoms with E-state index in [1.807, 2.05) is 22.6 Å². The van der Waals surface area contributed by atoms with Crippen molar-refractivity contribution in [2.45, 2.75) is 4.90 Å². The van der Waals surface area contributed by atoms with Gasteiger partial charge in [-0.25, -0.2) is 13.2 Å². The molecule has 0 spiro atoms. The van der Waals surface area contributed by atoms with Crippen LogP contribution in [0.3, 0.4) is 0 Å². The number of carboxylic acid groups (broad SMARTS) is 1. The van der Waals surface area contributed by atoms with Crippen LogP contribution in [0.5, 0.6) is 0 Å². The van der Waals surface area contributed by atoms with Gasteiger partial charge in [0, 0.05) is 8.04 Å². The van der Waals surface area contributed by atoms with E-state index < -0.39 is 16.0 Å². The predicted octanol–water partition coefficient (Wildman–Crippen LogP) is 3.55. The Balaban J connectivity index is 2.41. The van der Waals surface area contributed by atoms with Crippen LogP contribution in [0.25, 0.3) is 0 Å². The van der Waals surface area contributed by atoms with Crippen LogP contribution in [0.15, 0.2) is 51.8 Å². The van der Waals surface area contributed by atoms with Gasteiger partial charge in [-0.05, 0) is 68.9 Å². The molecule has 110 valence electrons. The number of hydrogen-bond donors (Lipinski definition) is 2. The Labute approximate surface area is 143 Å². The average molecular weight is 482 g/mol. The van der Waals surface area contributed by atoms with Crippen molar-refractivity contribution in [2.24, 2.45) is 0 Å². The number of nitrogens with one attached hydrogen (secondary N) is 1. The van der Waals surface area contributed by atoms with E-state index in [1.54, 1.807) is 24.3 Å². The number of hydrogen-bond acceptors (Lipinski definition) is 3. The molecule has 0 atom stereocenters. The molecule has 0 radical (unpaired) electrons. The van der Waals surface area contributed by atoms with Crippen LogP contribution >= 0.6 is 38.5 Å². The van der Waals surface area contributed by atoms with Crippen molar-refractivity contribution in [1.29, 1.82) is 0 Å². The zero-order valence-corrected chi connectivity index (χ0v) is 14.9. The average Bonchev–Trinajstić information content (AvgIpc) is 2.40. The van der Waals surface area contributed by atoms with E-state index >= 15 is 0 Å². The fourth-order valence-corrected chi connectivity index (χ4v) is 4.46. The molecule has 0 aliphatic heterocycles. The van der Waals surface area contributed by atoms with Crippen molar-refractivity contribution in [1.82, 2.24) is 0 Å². The van der Waals surface area contributed by atoms with Gasteiger partial charge < -0.3 is 5.11 Å². The minimum atomic E-state index is -3.80. The highest BCUT2D eigenvalue weighted by Gasteiger charge is 2.20. The van der Waals surface area contributed by atoms with Crippen molar-refractivity contribution in [3.05, 3.63) is 56.1 Å². The van der Waals surface area contributed by atoms with Gasteiger partial charge in [-0.2, -0.15) is 0 Å². The summed E-state index contributed by atoms with van der Waals surface area (Å²) in [4.78, 5) is 10.8. The Hall–Kier alpha value is -1.13. The van der Waals surface area contributed by atoms with Gasteiger partial charge in [-0.15, -0.1) is 0 Å². The lowest BCUT2D eigenvalue weighted by Gasteiger charge is -2.11. The first-order valence-corrected chi connectivity index (χ1v) is 8.97. The molecule has 2 N–H and O–H groups in total. The molecule has 0 saturated carbocycles. The number of halogens is 2. The molecule has 0 bridgehead atoms. The van der Waals surface area contributed by atoms with Crippen LogP contribution in [0.1, 0.15) is 10.4 Å². The smallest absolute Gasteiger partial charge is 0.335 e. The number of carbonyl (C=O) groups is 1. The van der Waals surface area contributed by atoms with Crippen LogP contribution in [0, 0.1) is 3.57 Å². The number of para-hydroxylation sites is 1. The van der Waals surface area contributed by atoms with E-state index in [9.17, 15) is 13.2 Å². The molecule has 0 amide bonds. The molecule has 2 aromatic carbocycles. The molecule has 2 aromatic rings.